The van der Waals surface area contributed by atoms with Crippen molar-refractivity contribution in [3.63, 3.8) is 0 Å². The van der Waals surface area contributed by atoms with E-state index in [1.807, 2.05) is 0 Å². The Morgan fingerprint density at radius 1 is 1.31 bits per heavy atom. The van der Waals surface area contributed by atoms with Crippen LogP contribution in [0, 0.1) is 0 Å². The Morgan fingerprint density at radius 3 is 2.44 bits per heavy atom. The molecular formula is C11H12O5. The summed E-state index contributed by atoms with van der Waals surface area (Å²) in [6.45, 7) is 0. The lowest BCUT2D eigenvalue weighted by Crippen LogP contribution is -2.33. The molecule has 0 bridgehead atoms. The molecule has 0 radical (unpaired) electrons. The first kappa shape index (κ1) is 10.8. The number of carbonyl (C=O) groups is 1. The van der Waals surface area contributed by atoms with Crippen LogP contribution in [0.2, 0.25) is 0 Å². The van der Waals surface area contributed by atoms with Gasteiger partial charge in [-0.05, 0) is 18.9 Å². The van der Waals surface area contributed by atoms with Crippen LogP contribution < -0.4 is 0 Å². The molecule has 0 spiro atoms. The van der Waals surface area contributed by atoms with E-state index >= 15 is 0 Å². The van der Waals surface area contributed by atoms with Crippen molar-refractivity contribution in [3.8, 4) is 11.5 Å². The van der Waals surface area contributed by atoms with E-state index < -0.39 is 17.5 Å². The fraction of sp³-hybridized carbons (Fsp3) is 0.364. The van der Waals surface area contributed by atoms with Crippen LogP contribution in [0.25, 0.3) is 0 Å². The summed E-state index contributed by atoms with van der Waals surface area (Å²) in [5.41, 5.74) is -0.656. The summed E-state index contributed by atoms with van der Waals surface area (Å²) in [6, 6.07) is 4.34. The average Bonchev–Trinajstić information content (AvgIpc) is 3.02. The van der Waals surface area contributed by atoms with E-state index in [0.717, 1.165) is 0 Å². The molecule has 5 heteroatoms. The highest BCUT2D eigenvalue weighted by atomic mass is 16.4. The van der Waals surface area contributed by atoms with Crippen molar-refractivity contribution in [1.82, 2.24) is 0 Å². The second-order valence-corrected chi connectivity index (χ2v) is 4.07. The number of aliphatic hydroxyl groups is 1. The zero-order valence-corrected chi connectivity index (χ0v) is 8.42. The van der Waals surface area contributed by atoms with E-state index in [4.69, 9.17) is 5.11 Å². The molecule has 1 aromatic rings. The Morgan fingerprint density at radius 2 is 1.94 bits per heavy atom. The van der Waals surface area contributed by atoms with Crippen LogP contribution >= 0.6 is 0 Å². The van der Waals surface area contributed by atoms with Crippen molar-refractivity contribution in [2.75, 3.05) is 0 Å². The van der Waals surface area contributed by atoms with Crippen LogP contribution in [0.4, 0.5) is 0 Å². The van der Waals surface area contributed by atoms with Gasteiger partial charge in [0, 0.05) is 11.0 Å². The molecule has 1 aliphatic rings. The number of aromatic hydroxyl groups is 2. The number of phenolic OH excluding ortho intramolecular Hbond substituents is 2. The van der Waals surface area contributed by atoms with Crippen molar-refractivity contribution in [2.45, 2.75) is 24.4 Å². The molecule has 1 fully saturated rings. The van der Waals surface area contributed by atoms with Crippen molar-refractivity contribution < 1.29 is 25.2 Å². The maximum absolute atomic E-state index is 10.8. The lowest BCUT2D eigenvalue weighted by molar-refractivity contribution is -0.148. The van der Waals surface area contributed by atoms with Crippen LogP contribution in [0.1, 0.15) is 18.4 Å². The van der Waals surface area contributed by atoms with Gasteiger partial charge in [0.15, 0.2) is 17.6 Å². The normalized spacial score (nSPS) is 19.1. The van der Waals surface area contributed by atoms with Crippen LogP contribution in [0.5, 0.6) is 11.5 Å². The van der Waals surface area contributed by atoms with Crippen LogP contribution in [-0.2, 0) is 10.2 Å². The fourth-order valence-corrected chi connectivity index (χ4v) is 1.99. The largest absolute Gasteiger partial charge is 0.504 e. The van der Waals surface area contributed by atoms with Gasteiger partial charge in [-0.3, -0.25) is 0 Å². The Labute approximate surface area is 91.6 Å². The summed E-state index contributed by atoms with van der Waals surface area (Å²) in [4.78, 5) is 10.8. The highest BCUT2D eigenvalue weighted by molar-refractivity contribution is 5.76. The molecule has 1 unspecified atom stereocenters. The quantitative estimate of drug-likeness (QED) is 0.563. The number of aliphatic hydroxyl groups excluding tert-OH is 1. The Kier molecular flexibility index (Phi) is 2.27. The molecule has 1 saturated carbocycles. The van der Waals surface area contributed by atoms with E-state index in [1.165, 1.54) is 18.2 Å². The summed E-state index contributed by atoms with van der Waals surface area (Å²) < 4.78 is 0. The van der Waals surface area contributed by atoms with Gasteiger partial charge in [0.2, 0.25) is 0 Å². The fourth-order valence-electron chi connectivity index (χ4n) is 1.99. The third kappa shape index (κ3) is 1.40. The number of hydrogen-bond acceptors (Lipinski definition) is 4. The second kappa shape index (κ2) is 3.38. The zero-order valence-electron chi connectivity index (χ0n) is 8.42. The topological polar surface area (TPSA) is 98.0 Å². The first-order chi connectivity index (χ1) is 7.49. The third-order valence-electron chi connectivity index (χ3n) is 3.10. The van der Waals surface area contributed by atoms with Gasteiger partial charge >= 0.3 is 5.97 Å². The second-order valence-electron chi connectivity index (χ2n) is 4.07. The highest BCUT2D eigenvalue weighted by Crippen LogP contribution is 2.55. The van der Waals surface area contributed by atoms with Gasteiger partial charge in [-0.15, -0.1) is 0 Å². The minimum atomic E-state index is -1.56. The molecule has 1 aliphatic carbocycles. The van der Waals surface area contributed by atoms with Crippen LogP contribution in [0.15, 0.2) is 18.2 Å². The Hall–Kier alpha value is -1.75. The molecule has 1 aromatic carbocycles. The molecule has 1 atom stereocenters. The molecule has 5 nitrogen and oxygen atoms in total. The monoisotopic (exact) mass is 224 g/mol. The molecule has 0 aromatic heterocycles. The molecule has 0 aliphatic heterocycles. The minimum Gasteiger partial charge on any atom is -0.504 e. The molecule has 2 rings (SSSR count). The van der Waals surface area contributed by atoms with Crippen LogP contribution in [0.3, 0.4) is 0 Å². The van der Waals surface area contributed by atoms with Crippen LogP contribution in [-0.4, -0.2) is 32.5 Å². The molecule has 4 N–H and O–H groups in total. The first-order valence-electron chi connectivity index (χ1n) is 4.91. The maximum atomic E-state index is 10.8. The predicted octanol–water partition coefficient (Wildman–Crippen LogP) is 0.575. The van der Waals surface area contributed by atoms with Gasteiger partial charge in [-0.25, -0.2) is 4.79 Å². The number of aliphatic carboxylic acids is 1. The van der Waals surface area contributed by atoms with Crippen molar-refractivity contribution in [1.29, 1.82) is 0 Å². The molecule has 16 heavy (non-hydrogen) atoms. The number of rotatable bonds is 3. The van der Waals surface area contributed by atoms with Gasteiger partial charge in [-0.2, -0.15) is 0 Å². The molecule has 0 saturated heterocycles. The minimum absolute atomic E-state index is 0.294. The lowest BCUT2D eigenvalue weighted by Gasteiger charge is -2.20. The van der Waals surface area contributed by atoms with E-state index in [0.29, 0.717) is 18.4 Å². The van der Waals surface area contributed by atoms with E-state index in [1.54, 1.807) is 0 Å². The molecule has 86 valence electrons. The average molecular weight is 224 g/mol. The van der Waals surface area contributed by atoms with Gasteiger partial charge in [-0.1, -0.05) is 12.1 Å². The number of para-hydroxylation sites is 1. The number of hydrogen-bond donors (Lipinski definition) is 4. The standard InChI is InChI=1S/C11H12O5/c12-7-3-1-2-6(8(7)13)11(4-5-11)9(14)10(15)16/h1-3,9,12-14H,4-5H2,(H,15,16). The van der Waals surface area contributed by atoms with Gasteiger partial charge < -0.3 is 20.4 Å². The summed E-state index contributed by atoms with van der Waals surface area (Å²) in [5.74, 6) is -1.97. The molecule has 0 amide bonds. The third-order valence-corrected chi connectivity index (χ3v) is 3.10. The van der Waals surface area contributed by atoms with E-state index in [-0.39, 0.29) is 11.5 Å². The number of carboxylic acid groups (broad SMARTS) is 1. The van der Waals surface area contributed by atoms with Crippen molar-refractivity contribution in [3.05, 3.63) is 23.8 Å². The SMILES string of the molecule is O=C(O)C(O)C1(c2cccc(O)c2O)CC1. The van der Waals surface area contributed by atoms with Gasteiger partial charge in [0.1, 0.15) is 0 Å². The van der Waals surface area contributed by atoms with Crippen molar-refractivity contribution in [2.24, 2.45) is 0 Å². The summed E-state index contributed by atoms with van der Waals surface area (Å²) >= 11 is 0. The Bertz CT molecular complexity index is 436. The van der Waals surface area contributed by atoms with E-state index in [9.17, 15) is 20.1 Å². The van der Waals surface area contributed by atoms with E-state index in [2.05, 4.69) is 0 Å². The van der Waals surface area contributed by atoms with Gasteiger partial charge in [0.05, 0.1) is 0 Å². The first-order valence-corrected chi connectivity index (χ1v) is 4.91. The number of carboxylic acids is 1. The lowest BCUT2D eigenvalue weighted by atomic mass is 9.89. The highest BCUT2D eigenvalue weighted by Gasteiger charge is 2.55. The Balaban J connectivity index is 2.45. The predicted molar refractivity (Wildman–Crippen MR) is 54.3 cm³/mol. The summed E-state index contributed by atoms with van der Waals surface area (Å²) in [6.07, 6.45) is -0.588. The van der Waals surface area contributed by atoms with Crippen molar-refractivity contribution >= 4 is 5.97 Å². The zero-order chi connectivity index (χ0) is 11.9. The summed E-state index contributed by atoms with van der Waals surface area (Å²) in [5, 5.41) is 37.4. The maximum Gasteiger partial charge on any atom is 0.333 e. The van der Waals surface area contributed by atoms with Gasteiger partial charge in [0.25, 0.3) is 0 Å². The smallest absolute Gasteiger partial charge is 0.333 e. The molecule has 0 heterocycles. The number of benzene rings is 1. The summed E-state index contributed by atoms with van der Waals surface area (Å²) in [7, 11) is 0. The molecular weight excluding hydrogens is 212 g/mol. The number of phenols is 2.